The van der Waals surface area contributed by atoms with Crippen molar-refractivity contribution in [2.45, 2.75) is 23.4 Å². The second-order valence-corrected chi connectivity index (χ2v) is 9.52. The van der Waals surface area contributed by atoms with Gasteiger partial charge in [-0.3, -0.25) is 9.59 Å². The molecular formula is C21H20F3N3O4S. The van der Waals surface area contributed by atoms with Crippen LogP contribution in [0.4, 0.5) is 18.9 Å². The molecule has 170 valence electrons. The van der Waals surface area contributed by atoms with Gasteiger partial charge in [0.05, 0.1) is 16.4 Å². The summed E-state index contributed by atoms with van der Waals surface area (Å²) in [6.07, 6.45) is -4.83. The van der Waals surface area contributed by atoms with Crippen LogP contribution in [0.2, 0.25) is 0 Å². The first kappa shape index (κ1) is 22.3. The highest BCUT2D eigenvalue weighted by Gasteiger charge is 2.41. The van der Waals surface area contributed by atoms with Crippen LogP contribution in [-0.4, -0.2) is 55.6 Å². The third-order valence-corrected chi connectivity index (χ3v) is 7.62. The van der Waals surface area contributed by atoms with Gasteiger partial charge in [-0.2, -0.15) is 17.5 Å². The third-order valence-electron chi connectivity index (χ3n) is 5.66. The maximum Gasteiger partial charge on any atom is 0.417 e. The van der Waals surface area contributed by atoms with Gasteiger partial charge < -0.3 is 10.2 Å². The molecule has 0 saturated carbocycles. The van der Waals surface area contributed by atoms with E-state index in [1.807, 2.05) is 0 Å². The highest BCUT2D eigenvalue weighted by atomic mass is 32.2. The van der Waals surface area contributed by atoms with E-state index in [1.54, 1.807) is 24.3 Å². The Morgan fingerprint density at radius 3 is 2.28 bits per heavy atom. The zero-order valence-corrected chi connectivity index (χ0v) is 17.6. The van der Waals surface area contributed by atoms with E-state index in [0.717, 1.165) is 22.5 Å². The topological polar surface area (TPSA) is 86.8 Å². The van der Waals surface area contributed by atoms with Crippen molar-refractivity contribution in [1.29, 1.82) is 0 Å². The van der Waals surface area contributed by atoms with Crippen LogP contribution in [0, 0.1) is 0 Å². The van der Waals surface area contributed by atoms with Crippen molar-refractivity contribution in [3.63, 3.8) is 0 Å². The molecule has 7 nitrogen and oxygen atoms in total. The maximum atomic E-state index is 13.3. The zero-order valence-electron chi connectivity index (χ0n) is 16.8. The normalized spacial score (nSPS) is 19.9. The second kappa shape index (κ2) is 8.21. The molecule has 0 unspecified atom stereocenters. The number of halogens is 3. The fourth-order valence-corrected chi connectivity index (χ4v) is 5.70. The fourth-order valence-electron chi connectivity index (χ4n) is 4.07. The average molecular weight is 467 g/mol. The van der Waals surface area contributed by atoms with Crippen LogP contribution in [0.5, 0.6) is 0 Å². The molecule has 0 bridgehead atoms. The number of fused-ring (bicyclic) bond motifs is 1. The van der Waals surface area contributed by atoms with Gasteiger partial charge in [0, 0.05) is 38.3 Å². The number of alkyl halides is 3. The van der Waals surface area contributed by atoms with Gasteiger partial charge in [0.2, 0.25) is 21.8 Å². The molecule has 0 spiro atoms. The summed E-state index contributed by atoms with van der Waals surface area (Å²) in [5.41, 5.74) is 0.0293. The largest absolute Gasteiger partial charge is 0.417 e. The van der Waals surface area contributed by atoms with E-state index < -0.39 is 32.6 Å². The van der Waals surface area contributed by atoms with Crippen molar-refractivity contribution in [3.8, 4) is 0 Å². The first-order valence-electron chi connectivity index (χ1n) is 9.93. The van der Waals surface area contributed by atoms with E-state index in [-0.39, 0.29) is 44.4 Å². The maximum absolute atomic E-state index is 13.3. The first-order chi connectivity index (χ1) is 15.1. The van der Waals surface area contributed by atoms with Crippen molar-refractivity contribution in [1.82, 2.24) is 9.21 Å². The number of carbonyl (C=O) groups is 2. The summed E-state index contributed by atoms with van der Waals surface area (Å²) in [5.74, 6) is -1.28. The standard InChI is InChI=1S/C21H20F3N3O4S/c22-21(23,24)16-6-2-4-8-18(16)32(30,31)27-11-9-26(10-12-27)20(29)15-13-19(28)25-17-7-3-1-5-14(15)17/h1-8,15H,9-13H2,(H,25,28)/t15-/m1/s1. The Balaban J connectivity index is 1.51. The number of nitrogens with one attached hydrogen (secondary N) is 1. The second-order valence-electron chi connectivity index (χ2n) is 7.62. The predicted molar refractivity (Wildman–Crippen MR) is 109 cm³/mol. The Hall–Kier alpha value is -2.92. The Morgan fingerprint density at radius 1 is 0.969 bits per heavy atom. The lowest BCUT2D eigenvalue weighted by molar-refractivity contribution is -0.140. The van der Waals surface area contributed by atoms with Crippen molar-refractivity contribution >= 4 is 27.5 Å². The molecule has 11 heteroatoms. The fraction of sp³-hybridized carbons (Fsp3) is 0.333. The Kier molecular flexibility index (Phi) is 5.72. The average Bonchev–Trinajstić information content (AvgIpc) is 2.77. The van der Waals surface area contributed by atoms with E-state index in [1.165, 1.54) is 11.0 Å². The van der Waals surface area contributed by atoms with Gasteiger partial charge in [-0.1, -0.05) is 30.3 Å². The molecule has 0 radical (unpaired) electrons. The van der Waals surface area contributed by atoms with Crippen molar-refractivity contribution in [2.75, 3.05) is 31.5 Å². The molecule has 1 saturated heterocycles. The molecule has 1 atom stereocenters. The number of piperazine rings is 1. The minimum atomic E-state index is -4.81. The number of carbonyl (C=O) groups excluding carboxylic acids is 2. The number of hydrogen-bond acceptors (Lipinski definition) is 4. The Bertz CT molecular complexity index is 1160. The molecule has 0 aliphatic carbocycles. The number of amides is 2. The molecule has 2 heterocycles. The SMILES string of the molecule is O=C1C[C@@H](C(=O)N2CCN(S(=O)(=O)c3ccccc3C(F)(F)F)CC2)c2ccccc2N1. The minimum absolute atomic E-state index is 0.0204. The summed E-state index contributed by atoms with van der Waals surface area (Å²) in [5, 5.41) is 2.72. The molecule has 2 aliphatic rings. The summed E-state index contributed by atoms with van der Waals surface area (Å²) >= 11 is 0. The van der Waals surface area contributed by atoms with Gasteiger partial charge in [0.15, 0.2) is 0 Å². The number of nitrogens with zero attached hydrogens (tertiary/aromatic N) is 2. The van der Waals surface area contributed by atoms with Crippen molar-refractivity contribution in [2.24, 2.45) is 0 Å². The van der Waals surface area contributed by atoms with Crippen LogP contribution in [0.15, 0.2) is 53.4 Å². The molecule has 2 amide bonds. The third kappa shape index (κ3) is 4.09. The molecule has 2 aromatic rings. The summed E-state index contributed by atoms with van der Waals surface area (Å²) in [6, 6.07) is 11.0. The van der Waals surface area contributed by atoms with Gasteiger partial charge >= 0.3 is 6.18 Å². The summed E-state index contributed by atoms with van der Waals surface area (Å²) in [4.78, 5) is 25.8. The molecule has 2 aliphatic heterocycles. The van der Waals surface area contributed by atoms with Crippen LogP contribution in [-0.2, 0) is 25.8 Å². The first-order valence-corrected chi connectivity index (χ1v) is 11.4. The number of para-hydroxylation sites is 1. The van der Waals surface area contributed by atoms with Crippen LogP contribution in [0.1, 0.15) is 23.5 Å². The molecule has 32 heavy (non-hydrogen) atoms. The molecule has 1 N–H and O–H groups in total. The molecule has 1 fully saturated rings. The van der Waals surface area contributed by atoms with Crippen LogP contribution < -0.4 is 5.32 Å². The highest BCUT2D eigenvalue weighted by molar-refractivity contribution is 7.89. The van der Waals surface area contributed by atoms with Crippen LogP contribution in [0.3, 0.4) is 0 Å². The molecule has 2 aromatic carbocycles. The summed E-state index contributed by atoms with van der Waals surface area (Å²) in [7, 11) is -4.40. The quantitative estimate of drug-likeness (QED) is 0.752. The number of anilines is 1. The Labute approximate surface area is 182 Å². The zero-order chi connectivity index (χ0) is 23.1. The van der Waals surface area contributed by atoms with E-state index in [4.69, 9.17) is 0 Å². The number of hydrogen-bond donors (Lipinski definition) is 1. The lowest BCUT2D eigenvalue weighted by Gasteiger charge is -2.37. The van der Waals surface area contributed by atoms with E-state index >= 15 is 0 Å². The van der Waals surface area contributed by atoms with Crippen LogP contribution >= 0.6 is 0 Å². The van der Waals surface area contributed by atoms with E-state index in [0.29, 0.717) is 11.3 Å². The minimum Gasteiger partial charge on any atom is -0.340 e. The van der Waals surface area contributed by atoms with Crippen molar-refractivity contribution < 1.29 is 31.2 Å². The van der Waals surface area contributed by atoms with Crippen LogP contribution in [0.25, 0.3) is 0 Å². The highest BCUT2D eigenvalue weighted by Crippen LogP contribution is 2.36. The summed E-state index contributed by atoms with van der Waals surface area (Å²) < 4.78 is 66.7. The summed E-state index contributed by atoms with van der Waals surface area (Å²) in [6.45, 7) is -0.235. The van der Waals surface area contributed by atoms with E-state index in [2.05, 4.69) is 5.32 Å². The van der Waals surface area contributed by atoms with Crippen molar-refractivity contribution in [3.05, 3.63) is 59.7 Å². The molecule has 0 aromatic heterocycles. The lowest BCUT2D eigenvalue weighted by atomic mass is 9.89. The lowest BCUT2D eigenvalue weighted by Crippen LogP contribution is -2.52. The number of benzene rings is 2. The van der Waals surface area contributed by atoms with Gasteiger partial charge in [-0.05, 0) is 23.8 Å². The van der Waals surface area contributed by atoms with Gasteiger partial charge in [-0.15, -0.1) is 0 Å². The smallest absolute Gasteiger partial charge is 0.340 e. The monoisotopic (exact) mass is 467 g/mol. The molecular weight excluding hydrogens is 447 g/mol. The van der Waals surface area contributed by atoms with Gasteiger partial charge in [0.1, 0.15) is 0 Å². The number of rotatable bonds is 3. The Morgan fingerprint density at radius 2 is 1.59 bits per heavy atom. The van der Waals surface area contributed by atoms with E-state index in [9.17, 15) is 31.2 Å². The molecule has 4 rings (SSSR count). The van der Waals surface area contributed by atoms with Gasteiger partial charge in [-0.25, -0.2) is 8.42 Å². The van der Waals surface area contributed by atoms with Gasteiger partial charge in [0.25, 0.3) is 0 Å². The number of sulfonamides is 1. The predicted octanol–water partition coefficient (Wildman–Crippen LogP) is 2.66.